The van der Waals surface area contributed by atoms with E-state index in [9.17, 15) is 0 Å². The summed E-state index contributed by atoms with van der Waals surface area (Å²) in [5.74, 6) is 1.66. The molecule has 2 aromatic heterocycles. The lowest BCUT2D eigenvalue weighted by Crippen LogP contribution is -2.37. The highest BCUT2D eigenvalue weighted by atomic mass is 15.3. The Balaban J connectivity index is 1.24. The van der Waals surface area contributed by atoms with Crippen molar-refractivity contribution in [2.24, 2.45) is 23.8 Å². The fourth-order valence-corrected chi connectivity index (χ4v) is 5.53. The topological polar surface area (TPSA) is 58.9 Å². The molecule has 1 saturated carbocycles. The monoisotopic (exact) mass is 446 g/mol. The lowest BCUT2D eigenvalue weighted by Gasteiger charge is -2.34. The molecule has 6 nitrogen and oxygen atoms in total. The van der Waals surface area contributed by atoms with Crippen LogP contribution in [0.2, 0.25) is 0 Å². The zero-order valence-electron chi connectivity index (χ0n) is 20.9. The van der Waals surface area contributed by atoms with Crippen molar-refractivity contribution in [1.82, 2.24) is 24.9 Å². The molecule has 1 aliphatic carbocycles. The van der Waals surface area contributed by atoms with Crippen molar-refractivity contribution in [3.63, 3.8) is 0 Å². The second-order valence-electron chi connectivity index (χ2n) is 11.5. The Labute approximate surface area is 197 Å². The molecule has 176 valence electrons. The van der Waals surface area contributed by atoms with Crippen LogP contribution in [-0.4, -0.2) is 51.1 Å². The van der Waals surface area contributed by atoms with Gasteiger partial charge in [0.15, 0.2) is 5.82 Å². The first kappa shape index (κ1) is 22.3. The minimum absolute atomic E-state index is 0.427. The van der Waals surface area contributed by atoms with E-state index in [-0.39, 0.29) is 0 Å². The third-order valence-corrected chi connectivity index (χ3v) is 7.86. The number of aryl methyl sites for hydroxylation is 2. The lowest BCUT2D eigenvalue weighted by atomic mass is 9.88. The van der Waals surface area contributed by atoms with Gasteiger partial charge in [-0.2, -0.15) is 5.10 Å². The van der Waals surface area contributed by atoms with Crippen LogP contribution in [-0.2, 0) is 7.05 Å². The normalized spacial score (nSPS) is 20.5. The number of rotatable bonds is 6. The van der Waals surface area contributed by atoms with Gasteiger partial charge < -0.3 is 10.2 Å². The molecule has 1 atom stereocenters. The summed E-state index contributed by atoms with van der Waals surface area (Å²) in [6.07, 6.45) is 7.35. The standard InChI is InChI=1S/C27H38N6/c1-19-23(18-32(5)31-19)24-21-8-6-7-9-22(21)25(30-29-24)28-17-20-16-27(20)11-14-33(15-12-27)13-10-26(2,3)4/h6-9,18,20H,10-17H2,1-5H3,(H,28,30). The predicted octanol–water partition coefficient (Wildman–Crippen LogP) is 5.29. The molecule has 1 saturated heterocycles. The molecular weight excluding hydrogens is 408 g/mol. The molecule has 2 aliphatic rings. The molecule has 5 rings (SSSR count). The summed E-state index contributed by atoms with van der Waals surface area (Å²) in [6.45, 7) is 13.8. The first-order chi connectivity index (χ1) is 15.7. The first-order valence-corrected chi connectivity index (χ1v) is 12.5. The van der Waals surface area contributed by atoms with Gasteiger partial charge in [-0.25, -0.2) is 0 Å². The summed E-state index contributed by atoms with van der Waals surface area (Å²) in [5.41, 5.74) is 3.92. The van der Waals surface area contributed by atoms with E-state index in [2.05, 4.69) is 70.5 Å². The molecule has 0 bridgehead atoms. The number of hydrogen-bond donors (Lipinski definition) is 1. The van der Waals surface area contributed by atoms with E-state index in [4.69, 9.17) is 0 Å². The Morgan fingerprint density at radius 1 is 1.09 bits per heavy atom. The Kier molecular flexibility index (Phi) is 5.68. The summed E-state index contributed by atoms with van der Waals surface area (Å²) in [6, 6.07) is 8.45. The quantitative estimate of drug-likeness (QED) is 0.558. The van der Waals surface area contributed by atoms with Crippen molar-refractivity contribution in [3.8, 4) is 11.3 Å². The van der Waals surface area contributed by atoms with Crippen molar-refractivity contribution in [2.45, 2.75) is 53.4 Å². The number of anilines is 1. The first-order valence-electron chi connectivity index (χ1n) is 12.5. The molecule has 3 aromatic rings. The van der Waals surface area contributed by atoms with Crippen LogP contribution in [0.5, 0.6) is 0 Å². The number of likely N-dealkylation sites (tertiary alicyclic amines) is 1. The van der Waals surface area contributed by atoms with E-state index in [0.29, 0.717) is 10.8 Å². The van der Waals surface area contributed by atoms with E-state index in [1.165, 1.54) is 45.3 Å². The fraction of sp³-hybridized carbons (Fsp3) is 0.593. The number of piperidine rings is 1. The number of nitrogens with zero attached hydrogens (tertiary/aromatic N) is 5. The highest BCUT2D eigenvalue weighted by Crippen LogP contribution is 2.59. The van der Waals surface area contributed by atoms with Gasteiger partial charge in [0, 0.05) is 36.1 Å². The highest BCUT2D eigenvalue weighted by molar-refractivity contribution is 6.00. The van der Waals surface area contributed by atoms with Gasteiger partial charge in [0.25, 0.3) is 0 Å². The molecule has 1 spiro atoms. The summed E-state index contributed by atoms with van der Waals surface area (Å²) in [7, 11) is 1.95. The van der Waals surface area contributed by atoms with Gasteiger partial charge in [0.1, 0.15) is 5.69 Å². The largest absolute Gasteiger partial charge is 0.368 e. The van der Waals surface area contributed by atoms with E-state index < -0.39 is 0 Å². The molecule has 0 amide bonds. The summed E-state index contributed by atoms with van der Waals surface area (Å²) >= 11 is 0. The Bertz CT molecular complexity index is 1130. The van der Waals surface area contributed by atoms with Crippen LogP contribution in [0.25, 0.3) is 22.0 Å². The lowest BCUT2D eigenvalue weighted by molar-refractivity contribution is 0.147. The van der Waals surface area contributed by atoms with Crippen molar-refractivity contribution in [2.75, 3.05) is 31.5 Å². The Hall–Kier alpha value is -2.47. The summed E-state index contributed by atoms with van der Waals surface area (Å²) < 4.78 is 1.84. The number of hydrogen-bond acceptors (Lipinski definition) is 5. The summed E-state index contributed by atoms with van der Waals surface area (Å²) in [5, 5.41) is 19.7. The fourth-order valence-electron chi connectivity index (χ4n) is 5.53. The van der Waals surface area contributed by atoms with Gasteiger partial charge in [0.05, 0.1) is 5.69 Å². The second kappa shape index (κ2) is 8.39. The minimum atomic E-state index is 0.427. The van der Waals surface area contributed by atoms with E-state index in [1.54, 1.807) is 0 Å². The maximum absolute atomic E-state index is 4.63. The third kappa shape index (κ3) is 4.63. The average Bonchev–Trinajstić information content (AvgIpc) is 3.34. The third-order valence-electron chi connectivity index (χ3n) is 7.86. The van der Waals surface area contributed by atoms with E-state index in [0.717, 1.165) is 46.0 Å². The number of nitrogens with one attached hydrogen (secondary N) is 1. The molecular formula is C27H38N6. The van der Waals surface area contributed by atoms with Crippen molar-refractivity contribution < 1.29 is 0 Å². The summed E-state index contributed by atoms with van der Waals surface area (Å²) in [4.78, 5) is 2.68. The second-order valence-corrected chi connectivity index (χ2v) is 11.5. The number of fused-ring (bicyclic) bond motifs is 1. The van der Waals surface area contributed by atoms with E-state index >= 15 is 0 Å². The van der Waals surface area contributed by atoms with Gasteiger partial charge in [0.2, 0.25) is 0 Å². The van der Waals surface area contributed by atoms with Gasteiger partial charge >= 0.3 is 0 Å². The molecule has 1 aliphatic heterocycles. The predicted molar refractivity (Wildman–Crippen MR) is 135 cm³/mol. The Morgan fingerprint density at radius 3 is 2.48 bits per heavy atom. The van der Waals surface area contributed by atoms with Crippen molar-refractivity contribution in [1.29, 1.82) is 0 Å². The molecule has 1 unspecified atom stereocenters. The maximum atomic E-state index is 4.63. The zero-order chi connectivity index (χ0) is 23.2. The molecule has 6 heteroatoms. The molecule has 1 N–H and O–H groups in total. The van der Waals surface area contributed by atoms with Crippen LogP contribution >= 0.6 is 0 Å². The van der Waals surface area contributed by atoms with Crippen LogP contribution in [0, 0.1) is 23.7 Å². The van der Waals surface area contributed by atoms with Gasteiger partial charge in [-0.05, 0) is 69.0 Å². The van der Waals surface area contributed by atoms with E-state index in [1.807, 2.05) is 24.9 Å². The highest BCUT2D eigenvalue weighted by Gasteiger charge is 2.54. The van der Waals surface area contributed by atoms with Gasteiger partial charge in [-0.1, -0.05) is 45.0 Å². The number of benzene rings is 1. The van der Waals surface area contributed by atoms with Gasteiger partial charge in [-0.3, -0.25) is 4.68 Å². The molecule has 3 heterocycles. The number of aromatic nitrogens is 4. The molecule has 33 heavy (non-hydrogen) atoms. The Morgan fingerprint density at radius 2 is 1.82 bits per heavy atom. The SMILES string of the molecule is Cc1nn(C)cc1-c1nnc(NCC2CC23CCN(CCC(C)(C)C)CC3)c2ccccc12. The molecule has 2 fully saturated rings. The van der Waals surface area contributed by atoms with Crippen LogP contribution in [0.3, 0.4) is 0 Å². The minimum Gasteiger partial charge on any atom is -0.368 e. The molecule has 1 aromatic carbocycles. The van der Waals surface area contributed by atoms with Crippen molar-refractivity contribution in [3.05, 3.63) is 36.2 Å². The maximum Gasteiger partial charge on any atom is 0.156 e. The van der Waals surface area contributed by atoms with Crippen LogP contribution < -0.4 is 5.32 Å². The van der Waals surface area contributed by atoms with Crippen LogP contribution in [0.15, 0.2) is 30.5 Å². The van der Waals surface area contributed by atoms with Crippen LogP contribution in [0.4, 0.5) is 5.82 Å². The van der Waals surface area contributed by atoms with Gasteiger partial charge in [-0.15, -0.1) is 10.2 Å². The average molecular weight is 447 g/mol. The molecule has 0 radical (unpaired) electrons. The smallest absolute Gasteiger partial charge is 0.156 e. The van der Waals surface area contributed by atoms with Crippen LogP contribution in [0.1, 0.15) is 52.1 Å². The zero-order valence-corrected chi connectivity index (χ0v) is 20.9. The van der Waals surface area contributed by atoms with Crippen molar-refractivity contribution >= 4 is 16.6 Å².